The molecule has 0 aliphatic heterocycles. The Morgan fingerprint density at radius 2 is 0.421 bits per heavy atom. The van der Waals surface area contributed by atoms with Crippen LogP contribution in [0.2, 0.25) is 0 Å². The molecule has 0 unspecified atom stereocenters. The zero-order chi connectivity index (χ0) is 10.7. The molecule has 18 nitrogen and oxygen atoms in total. The Bertz CT molecular complexity index is 115. The molecule has 19 heteroatoms. The Labute approximate surface area is 135 Å². The van der Waals surface area contributed by atoms with Gasteiger partial charge in [0.05, 0.1) is 15.3 Å². The van der Waals surface area contributed by atoms with Crippen LogP contribution in [0.1, 0.15) is 0 Å². The van der Waals surface area contributed by atoms with Crippen LogP contribution >= 0.6 is 0 Å². The number of hydrogen-bond acceptors (Lipinski definition) is 9. The van der Waals surface area contributed by atoms with Crippen molar-refractivity contribution >= 4 is 0 Å². The third-order valence-electron chi connectivity index (χ3n) is 0. The first-order valence-corrected chi connectivity index (χ1v) is 1.64. The smallest absolute Gasteiger partial charge is 0.412 e. The molecular formula is H12N3NdO15. The van der Waals surface area contributed by atoms with E-state index in [4.69, 9.17) is 46.0 Å². The van der Waals surface area contributed by atoms with E-state index in [-0.39, 0.29) is 73.7 Å². The second-order valence-corrected chi connectivity index (χ2v) is 0.671. The fourth-order valence-electron chi connectivity index (χ4n) is 0. The fraction of sp³-hybridized carbons (Fsp3) is 0. The summed E-state index contributed by atoms with van der Waals surface area (Å²) < 4.78 is 0. The van der Waals surface area contributed by atoms with Crippen LogP contribution in [0.4, 0.5) is 0 Å². The minimum absolute atomic E-state index is 0. The molecule has 121 valence electrons. The molecule has 0 spiro atoms. The van der Waals surface area contributed by atoms with Gasteiger partial charge in [-0.3, -0.25) is 0 Å². The molecule has 0 saturated heterocycles. The first-order chi connectivity index (χ1) is 5.20. The van der Waals surface area contributed by atoms with Crippen LogP contribution in [0.15, 0.2) is 0 Å². The van der Waals surface area contributed by atoms with Gasteiger partial charge in [0.25, 0.3) is 0 Å². The predicted molar refractivity (Wildman–Crippen MR) is 52.8 cm³/mol. The predicted octanol–water partition coefficient (Wildman–Crippen LogP) is -5.67. The summed E-state index contributed by atoms with van der Waals surface area (Å²) in [6.07, 6.45) is 0. The zero-order valence-corrected chi connectivity index (χ0v) is 11.7. The zero-order valence-electron chi connectivity index (χ0n) is 8.52. The second-order valence-electron chi connectivity index (χ2n) is 0.671. The van der Waals surface area contributed by atoms with Gasteiger partial charge in [0, 0.05) is 0 Å². The van der Waals surface area contributed by atoms with E-state index in [1.54, 1.807) is 0 Å². The van der Waals surface area contributed by atoms with Crippen LogP contribution in [-0.4, -0.2) is 48.1 Å². The number of hydrogen-bond donors (Lipinski definition) is 0. The van der Waals surface area contributed by atoms with Crippen molar-refractivity contribution in [2.75, 3.05) is 0 Å². The van der Waals surface area contributed by atoms with Crippen molar-refractivity contribution < 1.29 is 89.0 Å². The van der Waals surface area contributed by atoms with Gasteiger partial charge in [0.15, 0.2) is 0 Å². The van der Waals surface area contributed by atoms with Crippen LogP contribution < -0.4 is 0 Å². The van der Waals surface area contributed by atoms with Crippen molar-refractivity contribution in [1.82, 2.24) is 0 Å². The van der Waals surface area contributed by atoms with Crippen molar-refractivity contribution in [2.24, 2.45) is 0 Å². The monoisotopic (exact) mass is 436 g/mol. The normalized spacial score (nSPS) is 3.79. The first-order valence-electron chi connectivity index (χ1n) is 1.64. The summed E-state index contributed by atoms with van der Waals surface area (Å²) in [6, 6.07) is 0. The van der Waals surface area contributed by atoms with E-state index in [0.717, 1.165) is 0 Å². The Balaban J connectivity index is -0.00000000675. The van der Waals surface area contributed by atoms with Gasteiger partial charge in [-0.1, -0.05) is 0 Å². The Morgan fingerprint density at radius 3 is 0.421 bits per heavy atom. The third kappa shape index (κ3) is 2180. The summed E-state index contributed by atoms with van der Waals surface area (Å²) >= 11 is 0. The van der Waals surface area contributed by atoms with E-state index in [0.29, 0.717) is 0 Å². The van der Waals surface area contributed by atoms with Gasteiger partial charge in [0.1, 0.15) is 0 Å². The van der Waals surface area contributed by atoms with E-state index in [2.05, 4.69) is 0 Å². The van der Waals surface area contributed by atoms with Crippen molar-refractivity contribution in [3.05, 3.63) is 46.0 Å². The van der Waals surface area contributed by atoms with Crippen LogP contribution in [0.5, 0.6) is 0 Å². The van der Waals surface area contributed by atoms with Crippen molar-refractivity contribution in [3.8, 4) is 0 Å². The van der Waals surface area contributed by atoms with Gasteiger partial charge in [0.2, 0.25) is 0 Å². The van der Waals surface area contributed by atoms with Crippen molar-refractivity contribution in [2.45, 2.75) is 0 Å². The van der Waals surface area contributed by atoms with Crippen molar-refractivity contribution in [3.63, 3.8) is 0 Å². The van der Waals surface area contributed by atoms with E-state index < -0.39 is 15.3 Å². The standard InChI is InChI=1S/3NO3.Nd.6H2O/c3*2-1(3)4;;;;;;;/h;;;;6*1H2/q3*-1;+3;;;;;;. The SMILES string of the molecule is O.O.O.O.O.O.O=[N+]([O-])[O-].O=[N+]([O-])[O-].O=[N+]([O-])[O-].[Nd+3]. The first kappa shape index (κ1) is 83.2. The number of rotatable bonds is 0. The molecule has 0 fully saturated rings. The third-order valence-corrected chi connectivity index (χ3v) is 0. The largest absolute Gasteiger partial charge is 3.00 e. The van der Waals surface area contributed by atoms with Gasteiger partial charge < -0.3 is 78.8 Å². The van der Waals surface area contributed by atoms with Gasteiger partial charge in [-0.15, -0.1) is 0 Å². The molecule has 0 atom stereocenters. The quantitative estimate of drug-likeness (QED) is 0.256. The molecule has 0 aromatic heterocycles. The number of nitrogens with zero attached hydrogens (tertiary/aromatic N) is 3. The van der Waals surface area contributed by atoms with E-state index >= 15 is 0 Å². The van der Waals surface area contributed by atoms with Crippen molar-refractivity contribution in [1.29, 1.82) is 0 Å². The van der Waals surface area contributed by atoms with Crippen LogP contribution in [0, 0.1) is 86.8 Å². The Kier molecular flexibility index (Phi) is 304. The van der Waals surface area contributed by atoms with E-state index in [1.807, 2.05) is 0 Å². The molecule has 0 amide bonds. The maximum atomic E-state index is 8.25. The van der Waals surface area contributed by atoms with E-state index in [1.165, 1.54) is 0 Å². The molecule has 1 radical (unpaired) electrons. The molecule has 19 heavy (non-hydrogen) atoms. The summed E-state index contributed by atoms with van der Waals surface area (Å²) in [4.78, 5) is 24.8. The molecular weight excluding hydrogens is 426 g/mol. The maximum Gasteiger partial charge on any atom is 3.00 e. The maximum absolute atomic E-state index is 8.25. The molecule has 0 heterocycles. The molecule has 0 aromatic rings. The molecule has 0 aliphatic carbocycles. The fourth-order valence-corrected chi connectivity index (χ4v) is 0. The average molecular weight is 438 g/mol. The summed E-state index contributed by atoms with van der Waals surface area (Å²) in [6.45, 7) is 0. The minimum atomic E-state index is -1.75. The average Bonchev–Trinajstić information content (AvgIpc) is 1.54. The minimum Gasteiger partial charge on any atom is -0.412 e. The molecule has 0 saturated carbocycles. The van der Waals surface area contributed by atoms with Gasteiger partial charge >= 0.3 is 40.8 Å². The molecule has 0 aromatic carbocycles. The van der Waals surface area contributed by atoms with E-state index in [9.17, 15) is 0 Å². The molecule has 0 aliphatic rings. The Morgan fingerprint density at radius 1 is 0.421 bits per heavy atom. The van der Waals surface area contributed by atoms with Gasteiger partial charge in [-0.05, 0) is 0 Å². The Hall–Kier alpha value is -1.29. The summed E-state index contributed by atoms with van der Waals surface area (Å²) in [5, 5.41) is 44.2. The summed E-state index contributed by atoms with van der Waals surface area (Å²) in [7, 11) is 0. The molecule has 12 N–H and O–H groups in total. The van der Waals surface area contributed by atoms with Crippen LogP contribution in [0.3, 0.4) is 0 Å². The summed E-state index contributed by atoms with van der Waals surface area (Å²) in [5.41, 5.74) is 0. The van der Waals surface area contributed by atoms with Gasteiger partial charge in [-0.25, -0.2) is 0 Å². The summed E-state index contributed by atoms with van der Waals surface area (Å²) in [5.74, 6) is 0. The van der Waals surface area contributed by atoms with Gasteiger partial charge in [-0.2, -0.15) is 0 Å². The second kappa shape index (κ2) is 69.4. The van der Waals surface area contributed by atoms with Crippen LogP contribution in [0.25, 0.3) is 0 Å². The topological polar surface area (TPSA) is 388 Å². The molecule has 0 rings (SSSR count). The van der Waals surface area contributed by atoms with Crippen LogP contribution in [-0.2, 0) is 0 Å². The molecule has 0 bridgehead atoms.